The number of nitrogens with zero attached hydrogens (tertiary/aromatic N) is 1. The second-order valence-electron chi connectivity index (χ2n) is 5.15. The highest BCUT2D eigenvalue weighted by Gasteiger charge is 2.20. The molecule has 92 valence electrons. The zero-order valence-electron chi connectivity index (χ0n) is 10.4. The van der Waals surface area contributed by atoms with E-state index in [-0.39, 0.29) is 5.78 Å². The minimum atomic E-state index is 0.278. The molecular formula is C16H17NO. The largest absolute Gasteiger partial charge is 0.294 e. The maximum absolute atomic E-state index is 12.4. The first-order valence-electron chi connectivity index (χ1n) is 6.71. The molecule has 1 aliphatic carbocycles. The van der Waals surface area contributed by atoms with Gasteiger partial charge in [-0.05, 0) is 18.1 Å². The number of hydrogen-bond acceptors (Lipinski definition) is 2. The van der Waals surface area contributed by atoms with Crippen molar-refractivity contribution in [3.05, 3.63) is 42.1 Å². The van der Waals surface area contributed by atoms with Crippen LogP contribution in [-0.2, 0) is 0 Å². The Kier molecular flexibility index (Phi) is 3.09. The van der Waals surface area contributed by atoms with Crippen molar-refractivity contribution in [2.45, 2.75) is 32.1 Å². The SMILES string of the molecule is O=C(CC1CCCC1)c1ccnc2ccccc12. The summed E-state index contributed by atoms with van der Waals surface area (Å²) in [5.74, 6) is 0.880. The van der Waals surface area contributed by atoms with E-state index in [2.05, 4.69) is 4.98 Å². The van der Waals surface area contributed by atoms with Crippen LogP contribution >= 0.6 is 0 Å². The number of fused-ring (bicyclic) bond motifs is 1. The molecule has 1 heterocycles. The fourth-order valence-corrected chi connectivity index (χ4v) is 2.93. The minimum Gasteiger partial charge on any atom is -0.294 e. The van der Waals surface area contributed by atoms with Crippen molar-refractivity contribution in [3.63, 3.8) is 0 Å². The highest BCUT2D eigenvalue weighted by atomic mass is 16.1. The van der Waals surface area contributed by atoms with E-state index in [1.165, 1.54) is 25.7 Å². The molecule has 3 rings (SSSR count). The van der Waals surface area contributed by atoms with Gasteiger partial charge in [-0.25, -0.2) is 0 Å². The molecule has 2 heteroatoms. The standard InChI is InChI=1S/C16H17NO/c18-16(11-12-5-1-2-6-12)14-9-10-17-15-8-4-3-7-13(14)15/h3-4,7-10,12H,1-2,5-6,11H2. The first kappa shape index (κ1) is 11.4. The zero-order valence-corrected chi connectivity index (χ0v) is 10.4. The summed E-state index contributed by atoms with van der Waals surface area (Å²) in [5, 5.41) is 0.989. The maximum Gasteiger partial charge on any atom is 0.163 e. The van der Waals surface area contributed by atoms with Crippen LogP contribution in [0.5, 0.6) is 0 Å². The zero-order chi connectivity index (χ0) is 12.4. The summed E-state index contributed by atoms with van der Waals surface area (Å²) in [6, 6.07) is 9.74. The van der Waals surface area contributed by atoms with Crippen molar-refractivity contribution in [2.75, 3.05) is 0 Å². The van der Waals surface area contributed by atoms with E-state index in [1.54, 1.807) is 6.20 Å². The summed E-state index contributed by atoms with van der Waals surface area (Å²) >= 11 is 0. The smallest absolute Gasteiger partial charge is 0.163 e. The second kappa shape index (κ2) is 4.89. The van der Waals surface area contributed by atoms with Crippen LogP contribution in [0.2, 0.25) is 0 Å². The fourth-order valence-electron chi connectivity index (χ4n) is 2.93. The van der Waals surface area contributed by atoms with Crippen LogP contribution in [0.25, 0.3) is 10.9 Å². The van der Waals surface area contributed by atoms with Crippen LogP contribution in [0.4, 0.5) is 0 Å². The summed E-state index contributed by atoms with van der Waals surface area (Å²) in [4.78, 5) is 16.7. The highest BCUT2D eigenvalue weighted by molar-refractivity contribution is 6.07. The lowest BCUT2D eigenvalue weighted by Gasteiger charge is -2.09. The molecule has 1 aliphatic rings. The Bertz CT molecular complexity index is 565. The van der Waals surface area contributed by atoms with Gasteiger partial charge in [0.25, 0.3) is 0 Å². The number of carbonyl (C=O) groups is 1. The number of para-hydroxylation sites is 1. The van der Waals surface area contributed by atoms with Crippen LogP contribution in [-0.4, -0.2) is 10.8 Å². The van der Waals surface area contributed by atoms with Gasteiger partial charge in [-0.3, -0.25) is 9.78 Å². The van der Waals surface area contributed by atoms with Gasteiger partial charge < -0.3 is 0 Å². The van der Waals surface area contributed by atoms with Crippen LogP contribution in [0.3, 0.4) is 0 Å². The summed E-state index contributed by atoms with van der Waals surface area (Å²) in [7, 11) is 0. The third-order valence-electron chi connectivity index (χ3n) is 3.90. The van der Waals surface area contributed by atoms with E-state index in [0.717, 1.165) is 16.5 Å². The Hall–Kier alpha value is -1.70. The lowest BCUT2D eigenvalue weighted by atomic mass is 9.95. The quantitative estimate of drug-likeness (QED) is 0.758. The van der Waals surface area contributed by atoms with Gasteiger partial charge in [0.2, 0.25) is 0 Å². The minimum absolute atomic E-state index is 0.278. The molecule has 0 atom stereocenters. The number of aromatic nitrogens is 1. The molecule has 1 aromatic carbocycles. The van der Waals surface area contributed by atoms with Crippen LogP contribution in [0, 0.1) is 5.92 Å². The Labute approximate surface area is 107 Å². The van der Waals surface area contributed by atoms with Crippen molar-refractivity contribution in [2.24, 2.45) is 5.92 Å². The van der Waals surface area contributed by atoms with Gasteiger partial charge in [-0.2, -0.15) is 0 Å². The van der Waals surface area contributed by atoms with E-state index in [1.807, 2.05) is 30.3 Å². The summed E-state index contributed by atoms with van der Waals surface area (Å²) in [6.07, 6.45) is 7.45. The molecule has 1 aromatic heterocycles. The third kappa shape index (κ3) is 2.15. The van der Waals surface area contributed by atoms with Crippen molar-refractivity contribution in [1.29, 1.82) is 0 Å². The Morgan fingerprint density at radius 2 is 1.94 bits per heavy atom. The molecule has 1 fully saturated rings. The Morgan fingerprint density at radius 1 is 1.17 bits per heavy atom. The lowest BCUT2D eigenvalue weighted by Crippen LogP contribution is -2.06. The van der Waals surface area contributed by atoms with Crippen LogP contribution in [0.1, 0.15) is 42.5 Å². The lowest BCUT2D eigenvalue weighted by molar-refractivity contribution is 0.0963. The molecule has 0 radical (unpaired) electrons. The third-order valence-corrected chi connectivity index (χ3v) is 3.90. The maximum atomic E-state index is 12.4. The molecule has 1 saturated carbocycles. The van der Waals surface area contributed by atoms with Crippen molar-refractivity contribution in [1.82, 2.24) is 4.98 Å². The van der Waals surface area contributed by atoms with Crippen LogP contribution < -0.4 is 0 Å². The predicted octanol–water partition coefficient (Wildman–Crippen LogP) is 4.00. The van der Waals surface area contributed by atoms with E-state index in [4.69, 9.17) is 0 Å². The first-order chi connectivity index (χ1) is 8.84. The average molecular weight is 239 g/mol. The number of ketones is 1. The molecule has 2 aromatic rings. The highest BCUT2D eigenvalue weighted by Crippen LogP contribution is 2.29. The van der Waals surface area contributed by atoms with Gasteiger partial charge in [0.15, 0.2) is 5.78 Å². The van der Waals surface area contributed by atoms with Crippen molar-refractivity contribution < 1.29 is 4.79 Å². The van der Waals surface area contributed by atoms with Crippen LogP contribution in [0.15, 0.2) is 36.5 Å². The van der Waals surface area contributed by atoms with E-state index in [9.17, 15) is 4.79 Å². The summed E-state index contributed by atoms with van der Waals surface area (Å²) in [5.41, 5.74) is 1.75. The van der Waals surface area contributed by atoms with Gasteiger partial charge in [0, 0.05) is 23.6 Å². The van der Waals surface area contributed by atoms with Gasteiger partial charge in [-0.1, -0.05) is 43.9 Å². The van der Waals surface area contributed by atoms with Crippen molar-refractivity contribution >= 4 is 16.7 Å². The predicted molar refractivity (Wildman–Crippen MR) is 72.6 cm³/mol. The molecule has 0 saturated heterocycles. The molecule has 2 nitrogen and oxygen atoms in total. The monoisotopic (exact) mass is 239 g/mol. The van der Waals surface area contributed by atoms with E-state index >= 15 is 0 Å². The fraction of sp³-hybridized carbons (Fsp3) is 0.375. The molecule has 0 spiro atoms. The normalized spacial score (nSPS) is 16.2. The summed E-state index contributed by atoms with van der Waals surface area (Å²) < 4.78 is 0. The number of rotatable bonds is 3. The van der Waals surface area contributed by atoms with E-state index < -0.39 is 0 Å². The number of benzene rings is 1. The molecule has 0 unspecified atom stereocenters. The molecule has 0 amide bonds. The number of Topliss-reactive ketones (excluding diaryl/α,β-unsaturated/α-hetero) is 1. The first-order valence-corrected chi connectivity index (χ1v) is 6.71. The second-order valence-corrected chi connectivity index (χ2v) is 5.15. The van der Waals surface area contributed by atoms with Gasteiger partial charge in [-0.15, -0.1) is 0 Å². The average Bonchev–Trinajstić information content (AvgIpc) is 2.91. The van der Waals surface area contributed by atoms with E-state index in [0.29, 0.717) is 12.3 Å². The molecule has 18 heavy (non-hydrogen) atoms. The summed E-state index contributed by atoms with van der Waals surface area (Å²) in [6.45, 7) is 0. The number of pyridine rings is 1. The van der Waals surface area contributed by atoms with Gasteiger partial charge in [0.05, 0.1) is 5.52 Å². The molecular weight excluding hydrogens is 222 g/mol. The molecule has 0 bridgehead atoms. The van der Waals surface area contributed by atoms with Crippen molar-refractivity contribution in [3.8, 4) is 0 Å². The number of carbonyl (C=O) groups excluding carboxylic acids is 1. The molecule has 0 N–H and O–H groups in total. The number of hydrogen-bond donors (Lipinski definition) is 0. The van der Waals surface area contributed by atoms with Gasteiger partial charge >= 0.3 is 0 Å². The van der Waals surface area contributed by atoms with Gasteiger partial charge in [0.1, 0.15) is 0 Å². The Morgan fingerprint density at radius 3 is 2.78 bits per heavy atom. The Balaban J connectivity index is 1.91. The molecule has 0 aliphatic heterocycles. The topological polar surface area (TPSA) is 30.0 Å².